The number of hydrogen-bond acceptors (Lipinski definition) is 2. The lowest BCUT2D eigenvalue weighted by atomic mass is 10.1. The maximum atomic E-state index is 12.5. The molecule has 2 nitrogen and oxygen atoms in total. The maximum absolute atomic E-state index is 12.5. The first-order valence-corrected chi connectivity index (χ1v) is 25.9. The molecule has 0 amide bonds. The number of halogens is 7. The molecule has 7 aromatic carbocycles. The minimum absolute atomic E-state index is 0.392. The summed E-state index contributed by atoms with van der Waals surface area (Å²) in [5, 5.41) is 0. The van der Waals surface area contributed by atoms with Crippen LogP contribution in [0.15, 0.2) is 194 Å². The third kappa shape index (κ3) is 34.0. The second kappa shape index (κ2) is 37.2. The highest BCUT2D eigenvalue weighted by Gasteiger charge is 2.33. The van der Waals surface area contributed by atoms with E-state index in [9.17, 15) is 30.7 Å². The van der Waals surface area contributed by atoms with E-state index in [-0.39, 0.29) is 0 Å². The van der Waals surface area contributed by atoms with E-state index in [0.29, 0.717) is 11.1 Å². The lowest BCUT2D eigenvalue weighted by Crippen LogP contribution is -2.08. The summed E-state index contributed by atoms with van der Waals surface area (Å²) < 4.78 is 85.0. The van der Waals surface area contributed by atoms with Crippen molar-refractivity contribution in [1.29, 1.82) is 0 Å². The van der Waals surface area contributed by atoms with Crippen molar-refractivity contribution >= 4 is 0 Å². The topological polar surface area (TPSA) is 25.8 Å². The number of pyridine rings is 2. The van der Waals surface area contributed by atoms with Crippen molar-refractivity contribution in [3.8, 4) is 0 Å². The standard InChI is InChI=1S/C8H6F4.C8H7F3.5C8H10.2C7H9N/c1-5-2-3-7(9)6(4-5)8(10,11)12;1-5-2-3-7(9)6(4-5)8(10)11;5*1-7-4-3-5-8(2)6-7;2*1-6-3-4-8-7(2)5-6/h2-4H,1H3;2-4,8H,1H3;5*3-6H,1-2H3;2*3-5H,1-2H3. The largest absolute Gasteiger partial charge is 0.419 e. The lowest BCUT2D eigenvalue weighted by molar-refractivity contribution is -0.140. The molecule has 0 fully saturated rings. The van der Waals surface area contributed by atoms with Gasteiger partial charge in [0.1, 0.15) is 11.6 Å². The van der Waals surface area contributed by atoms with Gasteiger partial charge >= 0.3 is 6.18 Å². The van der Waals surface area contributed by atoms with Gasteiger partial charge in [0.05, 0.1) is 11.1 Å². The molecule has 9 heteroatoms. The molecule has 0 unspecified atom stereocenters. The predicted molar refractivity (Wildman–Crippen MR) is 319 cm³/mol. The molecule has 0 aliphatic heterocycles. The Morgan fingerprint density at radius 2 is 0.532 bits per heavy atom. The molecule has 420 valence electrons. The number of nitrogens with zero attached hydrogens (tertiary/aromatic N) is 2. The van der Waals surface area contributed by atoms with Gasteiger partial charge in [-0.1, -0.05) is 200 Å². The van der Waals surface area contributed by atoms with Gasteiger partial charge in [0, 0.05) is 23.8 Å². The summed E-state index contributed by atoms with van der Waals surface area (Å²) in [6.45, 7) is 32.3. The van der Waals surface area contributed by atoms with Crippen molar-refractivity contribution in [3.63, 3.8) is 0 Å². The number of hydrogen-bond donors (Lipinski definition) is 0. The van der Waals surface area contributed by atoms with Crippen LogP contribution in [-0.4, -0.2) is 9.97 Å². The van der Waals surface area contributed by atoms with Crippen molar-refractivity contribution in [2.75, 3.05) is 0 Å². The molecule has 9 aromatic rings. The fourth-order valence-electron chi connectivity index (χ4n) is 7.10. The summed E-state index contributed by atoms with van der Waals surface area (Å²) >= 11 is 0. The SMILES string of the molecule is Cc1ccc(F)c(C(F)(F)F)c1.Cc1ccc(F)c(C(F)F)c1.Cc1cccc(C)c1.Cc1cccc(C)c1.Cc1cccc(C)c1.Cc1cccc(C)c1.Cc1cccc(C)c1.Cc1ccnc(C)c1.Cc1ccnc(C)c1. The van der Waals surface area contributed by atoms with Crippen molar-refractivity contribution in [2.24, 2.45) is 0 Å². The molecule has 2 aromatic heterocycles. The van der Waals surface area contributed by atoms with Gasteiger partial charge < -0.3 is 0 Å². The molecule has 2 heterocycles. The van der Waals surface area contributed by atoms with Crippen LogP contribution in [0.4, 0.5) is 30.7 Å². The van der Waals surface area contributed by atoms with Gasteiger partial charge in [-0.05, 0) is 170 Å². The molecule has 0 aliphatic carbocycles. The second-order valence-electron chi connectivity index (χ2n) is 19.5. The molecule has 79 heavy (non-hydrogen) atoms. The lowest BCUT2D eigenvalue weighted by Gasteiger charge is -2.07. The van der Waals surface area contributed by atoms with Crippen LogP contribution in [0.25, 0.3) is 0 Å². The van der Waals surface area contributed by atoms with Gasteiger partial charge in [-0.25, -0.2) is 17.6 Å². The summed E-state index contributed by atoms with van der Waals surface area (Å²) in [4.78, 5) is 8.08. The average Bonchev–Trinajstić information content (AvgIpc) is 3.34. The van der Waals surface area contributed by atoms with E-state index in [0.717, 1.165) is 35.7 Å². The molecule has 0 N–H and O–H groups in total. The number of alkyl halides is 5. The summed E-state index contributed by atoms with van der Waals surface area (Å²) in [6, 6.07) is 56.9. The Balaban J connectivity index is 0.000000446. The quantitative estimate of drug-likeness (QED) is 0.153. The van der Waals surface area contributed by atoms with E-state index in [4.69, 9.17) is 0 Å². The molecule has 0 saturated heterocycles. The average molecular weight is 1080 g/mol. The zero-order chi connectivity index (χ0) is 59.7. The minimum atomic E-state index is -4.60. The first kappa shape index (κ1) is 69.4. The number of aromatic nitrogens is 2. The third-order valence-corrected chi connectivity index (χ3v) is 10.8. The van der Waals surface area contributed by atoms with Gasteiger partial charge in [0.15, 0.2) is 0 Å². The highest BCUT2D eigenvalue weighted by Crippen LogP contribution is 2.31. The van der Waals surface area contributed by atoms with Gasteiger partial charge in [-0.3, -0.25) is 9.97 Å². The van der Waals surface area contributed by atoms with E-state index in [1.54, 1.807) is 6.92 Å². The Hall–Kier alpha value is -7.65. The molecule has 0 atom stereocenters. The fourth-order valence-corrected chi connectivity index (χ4v) is 7.10. The Bertz CT molecular complexity index is 2590. The molecule has 9 rings (SSSR count). The third-order valence-electron chi connectivity index (χ3n) is 10.8. The Labute approximate surface area is 468 Å². The predicted octanol–water partition coefficient (Wildman–Crippen LogP) is 21.1. The van der Waals surface area contributed by atoms with Crippen LogP contribution < -0.4 is 0 Å². The van der Waals surface area contributed by atoms with E-state index in [2.05, 4.69) is 227 Å². The monoisotopic (exact) mass is 1080 g/mol. The van der Waals surface area contributed by atoms with Crippen LogP contribution in [0, 0.1) is 122 Å². The van der Waals surface area contributed by atoms with Crippen LogP contribution in [-0.2, 0) is 6.18 Å². The van der Waals surface area contributed by atoms with Crippen molar-refractivity contribution in [3.05, 3.63) is 306 Å². The normalized spacial score (nSPS) is 9.82. The van der Waals surface area contributed by atoms with Gasteiger partial charge in [0.2, 0.25) is 0 Å². The maximum Gasteiger partial charge on any atom is 0.419 e. The molecule has 0 spiro atoms. The number of rotatable bonds is 1. The molecule has 0 radical (unpaired) electrons. The van der Waals surface area contributed by atoms with Crippen LogP contribution in [0.3, 0.4) is 0 Å². The summed E-state index contributed by atoms with van der Waals surface area (Å²) in [5.74, 6) is -2.07. The van der Waals surface area contributed by atoms with Crippen molar-refractivity contribution < 1.29 is 30.7 Å². The Morgan fingerprint density at radius 3 is 0.709 bits per heavy atom. The van der Waals surface area contributed by atoms with Crippen LogP contribution in [0.2, 0.25) is 0 Å². The van der Waals surface area contributed by atoms with Gasteiger partial charge in [0.25, 0.3) is 6.43 Å². The van der Waals surface area contributed by atoms with Crippen LogP contribution >= 0.6 is 0 Å². The van der Waals surface area contributed by atoms with Crippen molar-refractivity contribution in [2.45, 2.75) is 123 Å². The van der Waals surface area contributed by atoms with Crippen LogP contribution in [0.1, 0.15) is 107 Å². The molecule has 0 bridgehead atoms. The first-order chi connectivity index (χ1) is 37.0. The fraction of sp³-hybridized carbons (Fsp3) is 0.257. The molecular weight excluding hydrogens is 1000 g/mol. The Kier molecular flexibility index (Phi) is 32.7. The highest BCUT2D eigenvalue weighted by atomic mass is 19.4. The zero-order valence-corrected chi connectivity index (χ0v) is 49.1. The van der Waals surface area contributed by atoms with Crippen molar-refractivity contribution in [1.82, 2.24) is 9.97 Å². The Morgan fingerprint density at radius 1 is 0.291 bits per heavy atom. The molecule has 0 aliphatic rings. The van der Waals surface area contributed by atoms with Gasteiger partial charge in [-0.15, -0.1) is 0 Å². The van der Waals surface area contributed by atoms with E-state index in [1.165, 1.54) is 85.8 Å². The van der Waals surface area contributed by atoms with E-state index >= 15 is 0 Å². The summed E-state index contributed by atoms with van der Waals surface area (Å²) in [7, 11) is 0. The summed E-state index contributed by atoms with van der Waals surface area (Å²) in [5.41, 5.74) is 17.4. The van der Waals surface area contributed by atoms with Crippen LogP contribution in [0.5, 0.6) is 0 Å². The van der Waals surface area contributed by atoms with Gasteiger partial charge in [-0.2, -0.15) is 13.2 Å². The number of aryl methyl sites for hydroxylation is 16. The highest BCUT2D eigenvalue weighted by molar-refractivity contribution is 5.28. The van der Waals surface area contributed by atoms with E-state index in [1.807, 2.05) is 38.4 Å². The zero-order valence-electron chi connectivity index (χ0n) is 49.1. The second-order valence-corrected chi connectivity index (χ2v) is 19.5. The smallest absolute Gasteiger partial charge is 0.262 e. The molecule has 0 saturated carbocycles. The first-order valence-electron chi connectivity index (χ1n) is 25.9. The molecular formula is C70H81F7N2. The minimum Gasteiger partial charge on any atom is -0.262 e. The van der Waals surface area contributed by atoms with E-state index < -0.39 is 35.4 Å². The number of benzene rings is 7. The summed E-state index contributed by atoms with van der Waals surface area (Å²) in [6.07, 6.45) is -3.68.